The van der Waals surface area contributed by atoms with E-state index in [0.717, 1.165) is 10.5 Å². The Balaban J connectivity index is 1.71. The Morgan fingerprint density at radius 2 is 1.80 bits per heavy atom. The van der Waals surface area contributed by atoms with Crippen molar-refractivity contribution >= 4 is 23.2 Å². The number of hydrogen-bond donors (Lipinski definition) is 0. The van der Waals surface area contributed by atoms with Gasteiger partial charge in [-0.25, -0.2) is 14.3 Å². The van der Waals surface area contributed by atoms with Crippen LogP contribution in [0.4, 0.5) is 15.8 Å². The van der Waals surface area contributed by atoms with Gasteiger partial charge in [-0.2, -0.15) is 5.11 Å². The molecule has 0 aromatic heterocycles. The van der Waals surface area contributed by atoms with E-state index in [1.807, 2.05) is 25.1 Å². The average Bonchev–Trinajstić information content (AvgIpc) is 3.12. The van der Waals surface area contributed by atoms with Crippen molar-refractivity contribution in [3.05, 3.63) is 59.4 Å². The fourth-order valence-electron chi connectivity index (χ4n) is 3.12. The third kappa shape index (κ3) is 2.31. The lowest BCUT2D eigenvalue weighted by Gasteiger charge is -2.21. The van der Waals surface area contributed by atoms with Gasteiger partial charge in [0.15, 0.2) is 12.1 Å². The lowest BCUT2D eigenvalue weighted by molar-refractivity contribution is -0.121. The topological polar surface area (TPSA) is 65.3 Å². The first-order valence-corrected chi connectivity index (χ1v) is 7.88. The van der Waals surface area contributed by atoms with Crippen LogP contribution < -0.4 is 9.91 Å². The largest absolute Gasteiger partial charge is 0.271 e. The lowest BCUT2D eigenvalue weighted by Crippen LogP contribution is -2.40. The van der Waals surface area contributed by atoms with E-state index in [1.54, 1.807) is 25.1 Å². The number of nitrogens with zero attached hydrogens (tertiary/aromatic N) is 4. The number of anilines is 2. The predicted molar refractivity (Wildman–Crippen MR) is 89.7 cm³/mol. The van der Waals surface area contributed by atoms with E-state index in [1.165, 1.54) is 11.1 Å². The maximum atomic E-state index is 13.9. The number of carbonyl (C=O) groups excluding carboxylic acids is 2. The van der Waals surface area contributed by atoms with Gasteiger partial charge in [0.1, 0.15) is 5.82 Å². The fraction of sp³-hybridized carbons (Fsp3) is 0.222. The molecule has 2 amide bonds. The zero-order chi connectivity index (χ0) is 17.7. The van der Waals surface area contributed by atoms with Crippen LogP contribution in [-0.4, -0.2) is 23.9 Å². The fourth-order valence-corrected chi connectivity index (χ4v) is 3.12. The van der Waals surface area contributed by atoms with Gasteiger partial charge < -0.3 is 0 Å². The number of carbonyl (C=O) groups is 2. The first-order valence-electron chi connectivity index (χ1n) is 7.88. The summed E-state index contributed by atoms with van der Waals surface area (Å²) in [5.41, 5.74) is 2.36. The van der Waals surface area contributed by atoms with Crippen LogP contribution in [0.5, 0.6) is 0 Å². The molecule has 0 bridgehead atoms. The smallest absolute Gasteiger partial charge is 0.263 e. The molecular weight excluding hydrogens is 323 g/mol. The van der Waals surface area contributed by atoms with Crippen LogP contribution in [0, 0.1) is 19.7 Å². The van der Waals surface area contributed by atoms with Crippen LogP contribution in [0.15, 0.2) is 52.8 Å². The highest BCUT2D eigenvalue weighted by atomic mass is 19.1. The van der Waals surface area contributed by atoms with Gasteiger partial charge in [0.2, 0.25) is 0 Å². The van der Waals surface area contributed by atoms with E-state index in [0.29, 0.717) is 11.3 Å². The Bertz CT molecular complexity index is 927. The summed E-state index contributed by atoms with van der Waals surface area (Å²) in [4.78, 5) is 26.5. The van der Waals surface area contributed by atoms with Crippen LogP contribution in [-0.2, 0) is 9.59 Å². The summed E-state index contributed by atoms with van der Waals surface area (Å²) in [6, 6.07) is 10.0. The molecule has 2 atom stereocenters. The molecular formula is C18H15FN4O2. The molecule has 7 heteroatoms. The van der Waals surface area contributed by atoms with E-state index in [9.17, 15) is 14.0 Å². The molecule has 4 rings (SSSR count). The van der Waals surface area contributed by atoms with Crippen molar-refractivity contribution in [1.29, 1.82) is 0 Å². The van der Waals surface area contributed by atoms with Crippen molar-refractivity contribution in [2.75, 3.05) is 9.91 Å². The Hall–Kier alpha value is -3.09. The molecule has 6 nitrogen and oxygen atoms in total. The molecule has 0 N–H and O–H groups in total. The second-order valence-corrected chi connectivity index (χ2v) is 6.22. The number of fused-ring (bicyclic) bond motifs is 1. The van der Waals surface area contributed by atoms with Gasteiger partial charge in [0, 0.05) is 0 Å². The van der Waals surface area contributed by atoms with E-state index in [4.69, 9.17) is 0 Å². The SMILES string of the molecule is Cc1cccc(N2N=N[C@H]3C(=O)N(c4ccc(C)c(F)c4)C(=O)[C@H]32)c1. The summed E-state index contributed by atoms with van der Waals surface area (Å²) in [6.07, 6.45) is 0. The number of imide groups is 1. The van der Waals surface area contributed by atoms with Gasteiger partial charge in [-0.05, 0) is 49.2 Å². The number of hydrogen-bond acceptors (Lipinski definition) is 5. The second-order valence-electron chi connectivity index (χ2n) is 6.22. The van der Waals surface area contributed by atoms with Crippen LogP contribution in [0.3, 0.4) is 0 Å². The Morgan fingerprint density at radius 3 is 2.52 bits per heavy atom. The zero-order valence-corrected chi connectivity index (χ0v) is 13.7. The van der Waals surface area contributed by atoms with Gasteiger partial charge in [-0.15, -0.1) is 0 Å². The van der Waals surface area contributed by atoms with E-state index in [-0.39, 0.29) is 5.69 Å². The third-order valence-electron chi connectivity index (χ3n) is 4.46. The summed E-state index contributed by atoms with van der Waals surface area (Å²) in [5.74, 6) is -1.41. The van der Waals surface area contributed by atoms with E-state index in [2.05, 4.69) is 10.3 Å². The molecule has 0 aliphatic carbocycles. The summed E-state index contributed by atoms with van der Waals surface area (Å²) >= 11 is 0. The van der Waals surface area contributed by atoms with Crippen molar-refractivity contribution < 1.29 is 14.0 Å². The minimum atomic E-state index is -0.905. The summed E-state index contributed by atoms with van der Waals surface area (Å²) in [6.45, 7) is 3.55. The molecule has 2 aliphatic heterocycles. The minimum Gasteiger partial charge on any atom is -0.271 e. The Labute approximate surface area is 143 Å². The Kier molecular flexibility index (Phi) is 3.38. The van der Waals surface area contributed by atoms with Gasteiger partial charge in [-0.1, -0.05) is 23.4 Å². The van der Waals surface area contributed by atoms with Crippen molar-refractivity contribution in [3.8, 4) is 0 Å². The molecule has 126 valence electrons. The molecule has 1 fully saturated rings. The molecule has 2 aliphatic rings. The quantitative estimate of drug-likeness (QED) is 0.791. The summed E-state index contributed by atoms with van der Waals surface area (Å²) in [5, 5.41) is 9.45. The molecule has 2 heterocycles. The van der Waals surface area contributed by atoms with Crippen LogP contribution >= 0.6 is 0 Å². The van der Waals surface area contributed by atoms with Crippen molar-refractivity contribution in [2.24, 2.45) is 10.3 Å². The van der Waals surface area contributed by atoms with E-state index >= 15 is 0 Å². The Morgan fingerprint density at radius 1 is 1.00 bits per heavy atom. The zero-order valence-electron chi connectivity index (χ0n) is 13.7. The average molecular weight is 338 g/mol. The normalized spacial score (nSPS) is 22.0. The molecule has 1 saturated heterocycles. The lowest BCUT2D eigenvalue weighted by atomic mass is 10.1. The first kappa shape index (κ1) is 15.4. The van der Waals surface area contributed by atoms with Crippen molar-refractivity contribution in [1.82, 2.24) is 0 Å². The third-order valence-corrected chi connectivity index (χ3v) is 4.46. The number of rotatable bonds is 2. The molecule has 2 aromatic rings. The van der Waals surface area contributed by atoms with Gasteiger partial charge in [-0.3, -0.25) is 9.59 Å². The first-order chi connectivity index (χ1) is 12.0. The molecule has 0 radical (unpaired) electrons. The molecule has 0 saturated carbocycles. The molecule has 0 unspecified atom stereocenters. The summed E-state index contributed by atoms with van der Waals surface area (Å²) in [7, 11) is 0. The minimum absolute atomic E-state index is 0.215. The monoisotopic (exact) mass is 338 g/mol. The highest BCUT2D eigenvalue weighted by Gasteiger charge is 2.55. The standard InChI is InChI=1S/C18H15FN4O2/c1-10-4-3-5-13(8-10)23-16-15(20-21-23)17(24)22(18(16)25)12-7-6-11(2)14(19)9-12/h3-9,15-16H,1-2H3/t15-,16+/m1/s1. The van der Waals surface area contributed by atoms with Crippen LogP contribution in [0.2, 0.25) is 0 Å². The van der Waals surface area contributed by atoms with Gasteiger partial charge in [0.05, 0.1) is 11.4 Å². The highest BCUT2D eigenvalue weighted by Crippen LogP contribution is 2.35. The maximum absolute atomic E-state index is 13.9. The van der Waals surface area contributed by atoms with Crippen LogP contribution in [0.1, 0.15) is 11.1 Å². The predicted octanol–water partition coefficient (Wildman–Crippen LogP) is 2.94. The number of aryl methyl sites for hydroxylation is 2. The number of benzene rings is 2. The molecule has 25 heavy (non-hydrogen) atoms. The molecule has 0 spiro atoms. The van der Waals surface area contributed by atoms with E-state index < -0.39 is 29.7 Å². The van der Waals surface area contributed by atoms with Gasteiger partial charge in [0.25, 0.3) is 11.8 Å². The highest BCUT2D eigenvalue weighted by molar-refractivity contribution is 6.26. The van der Waals surface area contributed by atoms with Crippen molar-refractivity contribution in [2.45, 2.75) is 25.9 Å². The van der Waals surface area contributed by atoms with Crippen LogP contribution in [0.25, 0.3) is 0 Å². The van der Waals surface area contributed by atoms with Gasteiger partial charge >= 0.3 is 0 Å². The number of halogens is 1. The maximum Gasteiger partial charge on any atom is 0.263 e. The van der Waals surface area contributed by atoms with Crippen molar-refractivity contribution in [3.63, 3.8) is 0 Å². The number of amides is 2. The molecule has 2 aromatic carbocycles. The second kappa shape index (κ2) is 5.47. The summed E-state index contributed by atoms with van der Waals surface area (Å²) < 4.78 is 13.9.